The zero-order chi connectivity index (χ0) is 15.3. The molecule has 1 atom stereocenters. The molecule has 2 N–H and O–H groups in total. The summed E-state index contributed by atoms with van der Waals surface area (Å²) < 4.78 is 35.8. The van der Waals surface area contributed by atoms with E-state index in [2.05, 4.69) is 0 Å². The zero-order valence-electron chi connectivity index (χ0n) is 11.2. The van der Waals surface area contributed by atoms with Crippen LogP contribution in [0, 0.1) is 0 Å². The minimum atomic E-state index is -4.43. The van der Waals surface area contributed by atoms with Gasteiger partial charge in [-0.05, 0) is 23.3 Å². The van der Waals surface area contributed by atoms with E-state index in [-0.39, 0.29) is 6.42 Å². The summed E-state index contributed by atoms with van der Waals surface area (Å²) in [6.07, 6.45) is -0.169. The molecule has 0 saturated carbocycles. The Morgan fingerprint density at radius 1 is 0.952 bits per heavy atom. The Balaban J connectivity index is 1.93. The zero-order valence-corrected chi connectivity index (χ0v) is 12.0. The highest BCUT2D eigenvalue weighted by Gasteiger charge is 2.19. The predicted molar refractivity (Wildman–Crippen MR) is 78.5 cm³/mol. The van der Waals surface area contributed by atoms with Crippen molar-refractivity contribution in [3.63, 3.8) is 0 Å². The molecule has 5 nitrogen and oxygen atoms in total. The summed E-state index contributed by atoms with van der Waals surface area (Å²) in [5.41, 5.74) is -0.177. The molecule has 0 radical (unpaired) electrons. The fraction of sp³-hybridized carbons (Fsp3) is 0.200. The van der Waals surface area contributed by atoms with Crippen LogP contribution in [0.4, 0.5) is 0 Å². The van der Waals surface area contributed by atoms with E-state index in [0.717, 1.165) is 5.56 Å². The van der Waals surface area contributed by atoms with Gasteiger partial charge in [-0.15, -0.1) is 0 Å². The molecule has 2 aromatic rings. The van der Waals surface area contributed by atoms with Crippen molar-refractivity contribution in [2.24, 2.45) is 0 Å². The first-order valence-corrected chi connectivity index (χ1v) is 7.85. The average Bonchev–Trinajstić information content (AvgIpc) is 2.46. The van der Waals surface area contributed by atoms with Crippen LogP contribution in [0.15, 0.2) is 54.6 Å². The number of benzene rings is 2. The topological polar surface area (TPSA) is 83.8 Å². The van der Waals surface area contributed by atoms with Crippen molar-refractivity contribution in [3.8, 4) is 5.75 Å². The Bertz CT molecular complexity index is 665. The van der Waals surface area contributed by atoms with E-state index in [9.17, 15) is 13.5 Å². The first kappa shape index (κ1) is 15.5. The highest BCUT2D eigenvalue weighted by Crippen LogP contribution is 2.16. The Morgan fingerprint density at radius 3 is 2.14 bits per heavy atom. The van der Waals surface area contributed by atoms with Crippen LogP contribution >= 0.6 is 0 Å². The SMILES string of the molecule is O=S(=O)(O)C(O)Cc1ccc(OCc2ccccc2)cc1. The number of ether oxygens (including phenoxy) is 1. The van der Waals surface area contributed by atoms with Crippen molar-refractivity contribution >= 4 is 10.1 Å². The molecule has 21 heavy (non-hydrogen) atoms. The Labute approximate surface area is 123 Å². The lowest BCUT2D eigenvalue weighted by Crippen LogP contribution is -2.22. The van der Waals surface area contributed by atoms with Crippen molar-refractivity contribution in [1.29, 1.82) is 0 Å². The molecule has 0 bridgehead atoms. The van der Waals surface area contributed by atoms with E-state index in [1.165, 1.54) is 0 Å². The van der Waals surface area contributed by atoms with Crippen LogP contribution < -0.4 is 4.74 Å². The molecule has 1 unspecified atom stereocenters. The highest BCUT2D eigenvalue weighted by molar-refractivity contribution is 7.86. The van der Waals surface area contributed by atoms with Crippen LogP contribution in [-0.2, 0) is 23.1 Å². The second kappa shape index (κ2) is 6.71. The van der Waals surface area contributed by atoms with Crippen molar-refractivity contribution in [3.05, 3.63) is 65.7 Å². The monoisotopic (exact) mass is 308 g/mol. The van der Waals surface area contributed by atoms with Crippen molar-refractivity contribution < 1.29 is 22.8 Å². The summed E-state index contributed by atoms with van der Waals surface area (Å²) in [5.74, 6) is 0.643. The van der Waals surface area contributed by atoms with E-state index in [1.807, 2.05) is 30.3 Å². The lowest BCUT2D eigenvalue weighted by molar-refractivity contribution is 0.233. The minimum absolute atomic E-state index is 0.169. The van der Waals surface area contributed by atoms with Gasteiger partial charge in [-0.3, -0.25) is 4.55 Å². The lowest BCUT2D eigenvalue weighted by atomic mass is 10.1. The maximum Gasteiger partial charge on any atom is 0.292 e. The summed E-state index contributed by atoms with van der Waals surface area (Å²) >= 11 is 0. The Morgan fingerprint density at radius 2 is 1.57 bits per heavy atom. The van der Waals surface area contributed by atoms with Gasteiger partial charge in [0.15, 0.2) is 5.44 Å². The first-order valence-electron chi connectivity index (χ1n) is 6.35. The van der Waals surface area contributed by atoms with Crippen LogP contribution in [0.1, 0.15) is 11.1 Å². The van der Waals surface area contributed by atoms with E-state index in [0.29, 0.717) is 17.9 Å². The molecule has 0 heterocycles. The number of aliphatic hydroxyl groups excluding tert-OH is 1. The molecule has 2 rings (SSSR count). The summed E-state index contributed by atoms with van der Waals surface area (Å²) in [5, 5.41) is 9.29. The van der Waals surface area contributed by atoms with Crippen LogP contribution in [0.5, 0.6) is 5.75 Å². The van der Waals surface area contributed by atoms with Crippen molar-refractivity contribution in [2.75, 3.05) is 0 Å². The number of rotatable bonds is 6. The second-order valence-corrected chi connectivity index (χ2v) is 6.17. The van der Waals surface area contributed by atoms with E-state index < -0.39 is 15.6 Å². The van der Waals surface area contributed by atoms with E-state index in [1.54, 1.807) is 24.3 Å². The summed E-state index contributed by atoms with van der Waals surface area (Å²) in [6.45, 7) is 0.438. The molecule has 0 amide bonds. The molecular weight excluding hydrogens is 292 g/mol. The molecule has 112 valence electrons. The third-order valence-electron chi connectivity index (χ3n) is 2.93. The van der Waals surface area contributed by atoms with Crippen LogP contribution in [0.3, 0.4) is 0 Å². The van der Waals surface area contributed by atoms with Crippen molar-refractivity contribution in [2.45, 2.75) is 18.5 Å². The number of hydrogen-bond donors (Lipinski definition) is 2. The third kappa shape index (κ3) is 4.86. The van der Waals surface area contributed by atoms with Gasteiger partial charge < -0.3 is 9.84 Å². The van der Waals surface area contributed by atoms with Gasteiger partial charge in [-0.1, -0.05) is 42.5 Å². The minimum Gasteiger partial charge on any atom is -0.489 e. The second-order valence-electron chi connectivity index (χ2n) is 4.59. The summed E-state index contributed by atoms with van der Waals surface area (Å²) in [7, 11) is -4.43. The Kier molecular flexibility index (Phi) is 4.95. The standard InChI is InChI=1S/C15H16O5S/c16-15(21(17,18)19)10-12-6-8-14(9-7-12)20-11-13-4-2-1-3-5-13/h1-9,15-16H,10-11H2,(H,17,18,19). The van der Waals surface area contributed by atoms with Crippen LogP contribution in [-0.4, -0.2) is 23.5 Å². The number of aliphatic hydroxyl groups is 1. The van der Waals surface area contributed by atoms with E-state index >= 15 is 0 Å². The summed E-state index contributed by atoms with van der Waals surface area (Å²) in [6, 6.07) is 16.4. The quantitative estimate of drug-likeness (QED) is 0.798. The molecule has 0 fully saturated rings. The van der Waals surface area contributed by atoms with Gasteiger partial charge in [0.05, 0.1) is 0 Å². The normalized spacial score (nSPS) is 12.9. The van der Waals surface area contributed by atoms with Gasteiger partial charge in [0.25, 0.3) is 10.1 Å². The maximum atomic E-state index is 10.7. The largest absolute Gasteiger partial charge is 0.489 e. The fourth-order valence-electron chi connectivity index (χ4n) is 1.77. The molecular formula is C15H16O5S. The van der Waals surface area contributed by atoms with Gasteiger partial charge in [-0.25, -0.2) is 0 Å². The molecule has 0 aliphatic carbocycles. The molecule has 0 aliphatic rings. The first-order chi connectivity index (χ1) is 9.95. The van der Waals surface area contributed by atoms with Crippen molar-refractivity contribution in [1.82, 2.24) is 0 Å². The van der Waals surface area contributed by atoms with Gasteiger partial charge in [0, 0.05) is 6.42 Å². The van der Waals surface area contributed by atoms with Crippen LogP contribution in [0.2, 0.25) is 0 Å². The maximum absolute atomic E-state index is 10.7. The van der Waals surface area contributed by atoms with Gasteiger partial charge in [0.1, 0.15) is 12.4 Å². The van der Waals surface area contributed by atoms with Gasteiger partial charge >= 0.3 is 0 Å². The molecule has 0 spiro atoms. The predicted octanol–water partition coefficient (Wildman–Crippen LogP) is 2.01. The molecule has 0 saturated heterocycles. The van der Waals surface area contributed by atoms with E-state index in [4.69, 9.17) is 9.29 Å². The summed E-state index contributed by atoms with van der Waals surface area (Å²) in [4.78, 5) is 0. The smallest absolute Gasteiger partial charge is 0.292 e. The van der Waals surface area contributed by atoms with Crippen LogP contribution in [0.25, 0.3) is 0 Å². The Hall–Kier alpha value is -1.89. The number of hydrogen-bond acceptors (Lipinski definition) is 4. The molecule has 6 heteroatoms. The molecule has 0 aliphatic heterocycles. The third-order valence-corrected chi connectivity index (χ3v) is 3.78. The van der Waals surface area contributed by atoms with Gasteiger partial charge in [-0.2, -0.15) is 8.42 Å². The lowest BCUT2D eigenvalue weighted by Gasteiger charge is -2.09. The molecule has 0 aromatic heterocycles. The molecule has 2 aromatic carbocycles. The average molecular weight is 308 g/mol. The van der Waals surface area contributed by atoms with Gasteiger partial charge in [0.2, 0.25) is 0 Å². The highest BCUT2D eigenvalue weighted by atomic mass is 32.2. The fourth-order valence-corrected chi connectivity index (χ4v) is 2.17.